The topological polar surface area (TPSA) is 119 Å². The summed E-state index contributed by atoms with van der Waals surface area (Å²) >= 11 is 1.27. The Hall–Kier alpha value is -3.01. The molecule has 2 saturated heterocycles. The molecule has 1 aromatic heterocycles. The number of nitrogens with zero attached hydrogens (tertiary/aromatic N) is 4. The van der Waals surface area contributed by atoms with Gasteiger partial charge in [-0.3, -0.25) is 4.79 Å². The molecule has 0 spiro atoms. The molecule has 3 fully saturated rings. The summed E-state index contributed by atoms with van der Waals surface area (Å²) in [6.07, 6.45) is -3.50. The van der Waals surface area contributed by atoms with Crippen LogP contribution in [0, 0.1) is 11.7 Å². The molecule has 2 aromatic rings. The van der Waals surface area contributed by atoms with Crippen LogP contribution in [-0.2, 0) is 24.2 Å². The molecule has 1 aromatic carbocycles. The highest BCUT2D eigenvalue weighted by Gasteiger charge is 2.58. The lowest BCUT2D eigenvalue weighted by Crippen LogP contribution is -2.53. The number of ether oxygens (including phenoxy) is 2. The van der Waals surface area contributed by atoms with E-state index in [9.17, 15) is 31.2 Å². The molecule has 10 nitrogen and oxygen atoms in total. The largest absolute Gasteiger partial charge is 0.491 e. The molecule has 2 aliphatic heterocycles. The third kappa shape index (κ3) is 6.33. The number of carbonyl (C=O) groups is 2. The van der Waals surface area contributed by atoms with Crippen molar-refractivity contribution in [2.75, 3.05) is 30.3 Å². The van der Waals surface area contributed by atoms with Crippen LogP contribution in [0.4, 0.5) is 22.7 Å². The Morgan fingerprint density at radius 3 is 2.43 bits per heavy atom. The second kappa shape index (κ2) is 11.2. The second-order valence-corrected chi connectivity index (χ2v) is 13.9. The van der Waals surface area contributed by atoms with Crippen molar-refractivity contribution in [2.45, 2.75) is 74.8 Å². The van der Waals surface area contributed by atoms with Crippen molar-refractivity contribution in [3.63, 3.8) is 0 Å². The third-order valence-electron chi connectivity index (χ3n) is 7.57. The zero-order valence-electron chi connectivity index (χ0n) is 22.9. The standard InChI is InChI=1S/C26H30F4N4O6S2/c1-15(2)21-31-24(41-32-21)33-10-7-17(8-11-33)34-12-9-25(22(34)35,40-23(36)26(28,29)30)39-20-6-5-18(13-19(20)27)42(37,38)14-16-3-4-16/h5-6,13,15-17H,3-4,7-12,14H2,1-2H3. The molecule has 0 N–H and O–H groups in total. The molecule has 5 rings (SSSR count). The maximum atomic E-state index is 15.1. The molecule has 0 radical (unpaired) electrons. The van der Waals surface area contributed by atoms with Gasteiger partial charge in [0, 0.05) is 43.1 Å². The summed E-state index contributed by atoms with van der Waals surface area (Å²) in [7, 11) is -3.80. The maximum Gasteiger partial charge on any atom is 0.491 e. The van der Waals surface area contributed by atoms with Gasteiger partial charge >= 0.3 is 23.8 Å². The van der Waals surface area contributed by atoms with Gasteiger partial charge in [-0.05, 0) is 49.8 Å². The van der Waals surface area contributed by atoms with Crippen molar-refractivity contribution in [3.8, 4) is 5.75 Å². The molecule has 1 atom stereocenters. The molecular formula is C26H30F4N4O6S2. The highest BCUT2D eigenvalue weighted by molar-refractivity contribution is 7.91. The molecule has 3 heterocycles. The number of alkyl halides is 3. The number of hydrogen-bond acceptors (Lipinski definition) is 10. The Labute approximate surface area is 244 Å². The first-order valence-corrected chi connectivity index (χ1v) is 16.0. The van der Waals surface area contributed by atoms with Crippen molar-refractivity contribution < 1.29 is 45.0 Å². The van der Waals surface area contributed by atoms with Crippen LogP contribution in [0.15, 0.2) is 23.1 Å². The summed E-state index contributed by atoms with van der Waals surface area (Å²) in [6.45, 7) is 4.87. The van der Waals surface area contributed by atoms with Gasteiger partial charge in [0.1, 0.15) is 5.82 Å². The number of sulfone groups is 1. The van der Waals surface area contributed by atoms with Gasteiger partial charge in [0.25, 0.3) is 0 Å². The van der Waals surface area contributed by atoms with E-state index in [0.717, 1.165) is 35.9 Å². The Morgan fingerprint density at radius 1 is 1.17 bits per heavy atom. The SMILES string of the molecule is CC(C)c1nsc(N2CCC(N3CCC(OC(=O)C(F)(F)F)(Oc4ccc(S(=O)(=O)CC5CC5)cc4F)C3=O)CC2)n1. The summed E-state index contributed by atoms with van der Waals surface area (Å²) < 4.78 is 94.2. The van der Waals surface area contributed by atoms with E-state index in [0.29, 0.717) is 32.0 Å². The molecule has 3 aliphatic rings. The number of piperidine rings is 1. The van der Waals surface area contributed by atoms with E-state index in [2.05, 4.69) is 14.1 Å². The van der Waals surface area contributed by atoms with Crippen molar-refractivity contribution in [3.05, 3.63) is 29.8 Å². The Bertz CT molecular complexity index is 1450. The summed E-state index contributed by atoms with van der Waals surface area (Å²) in [5.41, 5.74) is 0. The number of halogens is 4. The van der Waals surface area contributed by atoms with E-state index in [1.165, 1.54) is 16.4 Å². The number of rotatable bonds is 9. The summed E-state index contributed by atoms with van der Waals surface area (Å²) in [5, 5.41) is 0.736. The fourth-order valence-corrected chi connectivity index (χ4v) is 7.61. The van der Waals surface area contributed by atoms with Gasteiger partial charge in [-0.25, -0.2) is 22.6 Å². The highest BCUT2D eigenvalue weighted by Crippen LogP contribution is 2.38. The number of hydrogen-bond donors (Lipinski definition) is 0. The number of amides is 1. The predicted octanol–water partition coefficient (Wildman–Crippen LogP) is 4.07. The lowest BCUT2D eigenvalue weighted by Gasteiger charge is -2.37. The van der Waals surface area contributed by atoms with Crippen LogP contribution in [0.2, 0.25) is 0 Å². The van der Waals surface area contributed by atoms with Crippen LogP contribution in [0.5, 0.6) is 5.75 Å². The molecule has 0 bridgehead atoms. The second-order valence-electron chi connectivity index (χ2n) is 11.1. The normalized spacial score (nSPS) is 22.2. The molecule has 16 heteroatoms. The lowest BCUT2D eigenvalue weighted by molar-refractivity contribution is -0.236. The first-order chi connectivity index (χ1) is 19.7. The molecule has 42 heavy (non-hydrogen) atoms. The van der Waals surface area contributed by atoms with Crippen LogP contribution in [0.1, 0.15) is 57.7 Å². The van der Waals surface area contributed by atoms with Crippen LogP contribution < -0.4 is 9.64 Å². The molecule has 1 aliphatic carbocycles. The van der Waals surface area contributed by atoms with Gasteiger partial charge in [-0.2, -0.15) is 17.5 Å². The molecule has 230 valence electrons. The number of likely N-dealkylation sites (tertiary alicyclic amines) is 1. The average Bonchev–Trinajstić information content (AvgIpc) is 3.47. The van der Waals surface area contributed by atoms with Gasteiger partial charge < -0.3 is 19.3 Å². The van der Waals surface area contributed by atoms with Gasteiger partial charge in [-0.15, -0.1) is 0 Å². The summed E-state index contributed by atoms with van der Waals surface area (Å²) in [6, 6.07) is 2.26. The maximum absolute atomic E-state index is 15.1. The first kappa shape index (κ1) is 30.4. The minimum Gasteiger partial charge on any atom is -0.441 e. The number of esters is 1. The van der Waals surface area contributed by atoms with E-state index in [1.54, 1.807) is 0 Å². The number of benzene rings is 1. The Kier molecular flexibility index (Phi) is 8.15. The van der Waals surface area contributed by atoms with E-state index in [-0.39, 0.29) is 29.0 Å². The van der Waals surface area contributed by atoms with E-state index in [1.807, 2.05) is 18.7 Å². The molecular weight excluding hydrogens is 604 g/mol. The van der Waals surface area contributed by atoms with Gasteiger partial charge in [0.15, 0.2) is 21.4 Å². The third-order valence-corrected chi connectivity index (χ3v) is 10.2. The number of anilines is 1. The van der Waals surface area contributed by atoms with Gasteiger partial charge in [-0.1, -0.05) is 13.8 Å². The zero-order chi connectivity index (χ0) is 30.4. The Morgan fingerprint density at radius 2 is 1.86 bits per heavy atom. The van der Waals surface area contributed by atoms with Crippen LogP contribution in [-0.4, -0.2) is 77.9 Å². The smallest absolute Gasteiger partial charge is 0.441 e. The fraction of sp³-hybridized carbons (Fsp3) is 0.615. The predicted molar refractivity (Wildman–Crippen MR) is 142 cm³/mol. The monoisotopic (exact) mass is 634 g/mol. The van der Waals surface area contributed by atoms with Crippen molar-refractivity contribution >= 4 is 38.4 Å². The number of aromatic nitrogens is 2. The average molecular weight is 635 g/mol. The fourth-order valence-electron chi connectivity index (χ4n) is 5.05. The highest BCUT2D eigenvalue weighted by atomic mass is 32.2. The molecule has 1 saturated carbocycles. The van der Waals surface area contributed by atoms with E-state index in [4.69, 9.17) is 4.74 Å². The van der Waals surface area contributed by atoms with Gasteiger partial charge in [0.05, 0.1) is 17.1 Å². The first-order valence-electron chi connectivity index (χ1n) is 13.6. The van der Waals surface area contributed by atoms with Crippen molar-refractivity contribution in [1.29, 1.82) is 0 Å². The summed E-state index contributed by atoms with van der Waals surface area (Å²) in [4.78, 5) is 33.0. The van der Waals surface area contributed by atoms with E-state index < -0.39 is 57.7 Å². The van der Waals surface area contributed by atoms with E-state index >= 15 is 4.39 Å². The van der Waals surface area contributed by atoms with Crippen molar-refractivity contribution in [2.24, 2.45) is 5.92 Å². The molecule has 1 unspecified atom stereocenters. The van der Waals surface area contributed by atoms with Crippen molar-refractivity contribution in [1.82, 2.24) is 14.3 Å². The van der Waals surface area contributed by atoms with Crippen LogP contribution in [0.3, 0.4) is 0 Å². The van der Waals surface area contributed by atoms with Crippen LogP contribution >= 0.6 is 11.5 Å². The van der Waals surface area contributed by atoms with Crippen LogP contribution in [0.25, 0.3) is 0 Å². The quantitative estimate of drug-likeness (QED) is 0.229. The number of carbonyl (C=O) groups excluding carboxylic acids is 2. The minimum atomic E-state index is -5.44. The minimum absolute atomic E-state index is 0.00347. The summed E-state index contributed by atoms with van der Waals surface area (Å²) in [5.74, 6) is -7.66. The molecule has 1 amide bonds. The van der Waals surface area contributed by atoms with Gasteiger partial charge in [0.2, 0.25) is 5.13 Å². The Balaban J connectivity index is 1.33. The lowest BCUT2D eigenvalue weighted by atomic mass is 10.0. The zero-order valence-corrected chi connectivity index (χ0v) is 24.5.